The van der Waals surface area contributed by atoms with Crippen LogP contribution in [0.1, 0.15) is 16.8 Å². The topological polar surface area (TPSA) is 75.0 Å². The molecule has 1 aliphatic heterocycles. The molecule has 0 aliphatic carbocycles. The molecule has 1 saturated heterocycles. The van der Waals surface area contributed by atoms with E-state index in [1.165, 1.54) is 15.6 Å². The largest absolute Gasteiger partial charge is 0.340 e. The number of nitrogens with zero attached hydrogens (tertiary/aromatic N) is 4. The van der Waals surface area contributed by atoms with Gasteiger partial charge < -0.3 is 4.90 Å². The van der Waals surface area contributed by atoms with Gasteiger partial charge in [0.15, 0.2) is 4.96 Å². The highest BCUT2D eigenvalue weighted by atomic mass is 32.2. The van der Waals surface area contributed by atoms with Crippen LogP contribution in [0.25, 0.3) is 4.96 Å². The summed E-state index contributed by atoms with van der Waals surface area (Å²) in [6.07, 6.45) is 4.01. The van der Waals surface area contributed by atoms with E-state index in [9.17, 15) is 13.2 Å². The zero-order chi connectivity index (χ0) is 19.9. The molecular weight excluding hydrogens is 396 g/mol. The van der Waals surface area contributed by atoms with Crippen molar-refractivity contribution in [1.82, 2.24) is 18.6 Å². The van der Waals surface area contributed by atoms with E-state index in [0.717, 1.165) is 21.8 Å². The number of carbonyl (C=O) groups is 1. The number of hydrogen-bond donors (Lipinski definition) is 0. The fraction of sp³-hybridized carbons (Fsp3) is 0.368. The summed E-state index contributed by atoms with van der Waals surface area (Å²) in [5, 5.41) is 1.95. The molecule has 1 amide bonds. The quantitative estimate of drug-likeness (QED) is 0.650. The van der Waals surface area contributed by atoms with Crippen LogP contribution in [0.3, 0.4) is 0 Å². The van der Waals surface area contributed by atoms with E-state index >= 15 is 0 Å². The molecule has 0 atom stereocenters. The maximum Gasteiger partial charge on any atom is 0.243 e. The van der Waals surface area contributed by atoms with Crippen molar-refractivity contribution in [1.29, 1.82) is 0 Å². The van der Waals surface area contributed by atoms with Gasteiger partial charge in [0, 0.05) is 44.0 Å². The van der Waals surface area contributed by atoms with Crippen molar-refractivity contribution in [2.24, 2.45) is 0 Å². The summed E-state index contributed by atoms with van der Waals surface area (Å²) in [6, 6.07) is 5.20. The molecule has 2 aromatic heterocycles. The van der Waals surface area contributed by atoms with Gasteiger partial charge in [-0.1, -0.05) is 6.07 Å². The molecule has 9 heteroatoms. The van der Waals surface area contributed by atoms with Gasteiger partial charge in [-0.15, -0.1) is 11.3 Å². The van der Waals surface area contributed by atoms with Gasteiger partial charge in [0.2, 0.25) is 15.9 Å². The zero-order valence-electron chi connectivity index (χ0n) is 15.8. The summed E-state index contributed by atoms with van der Waals surface area (Å²) in [7, 11) is -3.54. The fourth-order valence-electron chi connectivity index (χ4n) is 3.33. The lowest BCUT2D eigenvalue weighted by Crippen LogP contribution is -2.50. The first-order valence-electron chi connectivity index (χ1n) is 9.11. The van der Waals surface area contributed by atoms with E-state index in [2.05, 4.69) is 4.98 Å². The summed E-state index contributed by atoms with van der Waals surface area (Å²) in [5.41, 5.74) is 2.76. The maximum atomic E-state index is 12.9. The third kappa shape index (κ3) is 3.57. The number of rotatable bonds is 4. The molecule has 3 heterocycles. The molecule has 0 bridgehead atoms. The Hall–Kier alpha value is -2.23. The van der Waals surface area contributed by atoms with Crippen molar-refractivity contribution in [3.8, 4) is 0 Å². The van der Waals surface area contributed by atoms with Crippen molar-refractivity contribution in [3.63, 3.8) is 0 Å². The van der Waals surface area contributed by atoms with Gasteiger partial charge >= 0.3 is 0 Å². The number of fused-ring (bicyclic) bond motifs is 1. The van der Waals surface area contributed by atoms with Gasteiger partial charge in [-0.25, -0.2) is 13.4 Å². The van der Waals surface area contributed by atoms with E-state index in [-0.39, 0.29) is 12.3 Å². The molecule has 0 unspecified atom stereocenters. The van der Waals surface area contributed by atoms with Gasteiger partial charge in [0.25, 0.3) is 0 Å². The molecule has 0 N–H and O–H groups in total. The lowest BCUT2D eigenvalue weighted by molar-refractivity contribution is -0.131. The Kier molecular flexibility index (Phi) is 4.98. The molecule has 1 aliphatic rings. The van der Waals surface area contributed by atoms with Gasteiger partial charge in [0.05, 0.1) is 17.0 Å². The van der Waals surface area contributed by atoms with Crippen LogP contribution < -0.4 is 0 Å². The number of aromatic nitrogens is 2. The number of amides is 1. The molecule has 7 nitrogen and oxygen atoms in total. The third-order valence-corrected chi connectivity index (χ3v) is 7.85. The summed E-state index contributed by atoms with van der Waals surface area (Å²) < 4.78 is 29.2. The Morgan fingerprint density at radius 1 is 1.14 bits per heavy atom. The van der Waals surface area contributed by atoms with Crippen LogP contribution in [0.15, 0.2) is 40.9 Å². The predicted molar refractivity (Wildman–Crippen MR) is 108 cm³/mol. The molecule has 1 fully saturated rings. The van der Waals surface area contributed by atoms with Crippen LogP contribution in [-0.4, -0.2) is 59.1 Å². The van der Waals surface area contributed by atoms with Crippen LogP contribution in [0, 0.1) is 13.8 Å². The van der Waals surface area contributed by atoms with E-state index in [4.69, 9.17) is 0 Å². The van der Waals surface area contributed by atoms with Crippen LogP contribution in [0.4, 0.5) is 0 Å². The Balaban J connectivity index is 1.40. The third-order valence-electron chi connectivity index (χ3n) is 5.18. The highest BCUT2D eigenvalue weighted by Gasteiger charge is 2.30. The molecule has 0 spiro atoms. The van der Waals surface area contributed by atoms with Crippen LogP contribution in [0.5, 0.6) is 0 Å². The number of aryl methyl sites for hydroxylation is 2. The molecule has 4 rings (SSSR count). The SMILES string of the molecule is Cc1ccc(S(=O)(=O)N2CCN(C(=O)Cc3cn4ccsc4n3)CC2)cc1C. The van der Waals surface area contributed by atoms with Crippen molar-refractivity contribution >= 4 is 32.2 Å². The molecule has 148 valence electrons. The lowest BCUT2D eigenvalue weighted by Gasteiger charge is -2.34. The van der Waals surface area contributed by atoms with E-state index in [0.29, 0.717) is 31.1 Å². The van der Waals surface area contributed by atoms with Crippen LogP contribution in [-0.2, 0) is 21.2 Å². The Labute approximate surface area is 168 Å². The summed E-state index contributed by atoms with van der Waals surface area (Å²) in [6.45, 7) is 5.26. The average Bonchev–Trinajstić information content (AvgIpc) is 3.25. The number of imidazole rings is 1. The van der Waals surface area contributed by atoms with Crippen molar-refractivity contribution < 1.29 is 13.2 Å². The minimum Gasteiger partial charge on any atom is -0.340 e. The Morgan fingerprint density at radius 2 is 1.89 bits per heavy atom. The first-order chi connectivity index (χ1) is 13.3. The smallest absolute Gasteiger partial charge is 0.243 e. The minimum atomic E-state index is -3.54. The van der Waals surface area contributed by atoms with Gasteiger partial charge in [-0.05, 0) is 37.1 Å². The first kappa shape index (κ1) is 19.1. The Morgan fingerprint density at radius 3 is 2.57 bits per heavy atom. The second kappa shape index (κ2) is 7.31. The standard InChI is InChI=1S/C19H22N4O3S2/c1-14-3-4-17(11-15(14)2)28(25,26)23-7-5-21(6-8-23)18(24)12-16-13-22-9-10-27-19(22)20-16/h3-4,9-11,13H,5-8,12H2,1-2H3. The molecule has 1 aromatic carbocycles. The second-order valence-electron chi connectivity index (χ2n) is 7.03. The zero-order valence-corrected chi connectivity index (χ0v) is 17.5. The minimum absolute atomic E-state index is 0.0195. The van der Waals surface area contributed by atoms with Crippen molar-refractivity contribution in [2.75, 3.05) is 26.2 Å². The van der Waals surface area contributed by atoms with Crippen molar-refractivity contribution in [3.05, 3.63) is 52.8 Å². The highest BCUT2D eigenvalue weighted by molar-refractivity contribution is 7.89. The fourth-order valence-corrected chi connectivity index (χ4v) is 5.56. The normalized spacial score (nSPS) is 16.0. The maximum absolute atomic E-state index is 12.9. The molecular formula is C19H22N4O3S2. The van der Waals surface area contributed by atoms with E-state index in [1.807, 2.05) is 42.1 Å². The predicted octanol–water partition coefficient (Wildman–Crippen LogP) is 2.09. The number of thiazole rings is 1. The molecule has 0 radical (unpaired) electrons. The van der Waals surface area contributed by atoms with E-state index < -0.39 is 10.0 Å². The molecule has 3 aromatic rings. The number of piperazine rings is 1. The summed E-state index contributed by atoms with van der Waals surface area (Å²) in [4.78, 5) is 19.9. The van der Waals surface area contributed by atoms with Gasteiger partial charge in [0.1, 0.15) is 0 Å². The Bertz CT molecular complexity index is 1100. The van der Waals surface area contributed by atoms with Crippen LogP contribution >= 0.6 is 11.3 Å². The summed E-state index contributed by atoms with van der Waals surface area (Å²) >= 11 is 1.53. The monoisotopic (exact) mass is 418 g/mol. The number of benzene rings is 1. The van der Waals surface area contributed by atoms with Crippen LogP contribution in [0.2, 0.25) is 0 Å². The van der Waals surface area contributed by atoms with E-state index in [1.54, 1.807) is 17.0 Å². The number of sulfonamides is 1. The molecule has 28 heavy (non-hydrogen) atoms. The number of carbonyl (C=O) groups excluding carboxylic acids is 1. The van der Waals surface area contributed by atoms with Gasteiger partial charge in [-0.3, -0.25) is 9.20 Å². The average molecular weight is 419 g/mol. The first-order valence-corrected chi connectivity index (χ1v) is 11.4. The molecule has 0 saturated carbocycles. The number of hydrogen-bond acceptors (Lipinski definition) is 5. The van der Waals surface area contributed by atoms with Gasteiger partial charge in [-0.2, -0.15) is 4.31 Å². The highest BCUT2D eigenvalue weighted by Crippen LogP contribution is 2.21. The lowest BCUT2D eigenvalue weighted by atomic mass is 10.1. The second-order valence-corrected chi connectivity index (χ2v) is 9.84. The summed E-state index contributed by atoms with van der Waals surface area (Å²) in [5.74, 6) is -0.0195. The van der Waals surface area contributed by atoms with Crippen molar-refractivity contribution in [2.45, 2.75) is 25.2 Å².